The van der Waals surface area contributed by atoms with Gasteiger partial charge in [-0.05, 0) is 72.3 Å². The SMILES string of the molecule is COc1ccc(NC(=O)c2ccc(NC(=O)/C=C/c3cccc(C(F)(F)F)c3)cc2)cc1. The van der Waals surface area contributed by atoms with Crippen molar-refractivity contribution in [2.24, 2.45) is 0 Å². The number of alkyl halides is 3. The van der Waals surface area contributed by atoms with Crippen LogP contribution in [0.3, 0.4) is 0 Å². The topological polar surface area (TPSA) is 67.4 Å². The standard InChI is InChI=1S/C24H19F3N2O3/c1-32-21-12-10-20(11-13-21)29-23(31)17-6-8-19(9-7-17)28-22(30)14-5-16-3-2-4-18(15-16)24(25,26)27/h2-15H,1H3,(H,28,30)(H,29,31)/b14-5+. The van der Waals surface area contributed by atoms with E-state index in [4.69, 9.17) is 4.74 Å². The Morgan fingerprint density at radius 2 is 1.50 bits per heavy atom. The van der Waals surface area contributed by atoms with Crippen molar-refractivity contribution in [1.29, 1.82) is 0 Å². The molecule has 0 fully saturated rings. The minimum Gasteiger partial charge on any atom is -0.497 e. The van der Waals surface area contributed by atoms with Crippen LogP contribution in [0.1, 0.15) is 21.5 Å². The summed E-state index contributed by atoms with van der Waals surface area (Å²) in [5, 5.41) is 5.34. The molecular weight excluding hydrogens is 421 g/mol. The van der Waals surface area contributed by atoms with Crippen molar-refractivity contribution in [3.05, 3.63) is 95.6 Å². The maximum atomic E-state index is 12.8. The van der Waals surface area contributed by atoms with Crippen LogP contribution in [0.25, 0.3) is 6.08 Å². The van der Waals surface area contributed by atoms with Gasteiger partial charge >= 0.3 is 6.18 Å². The zero-order valence-corrected chi connectivity index (χ0v) is 16.9. The number of rotatable bonds is 6. The lowest BCUT2D eigenvalue weighted by Gasteiger charge is -2.08. The largest absolute Gasteiger partial charge is 0.497 e. The number of hydrogen-bond acceptors (Lipinski definition) is 3. The molecule has 0 radical (unpaired) electrons. The van der Waals surface area contributed by atoms with Gasteiger partial charge in [-0.15, -0.1) is 0 Å². The second-order valence-electron chi connectivity index (χ2n) is 6.71. The van der Waals surface area contributed by atoms with Gasteiger partial charge in [-0.1, -0.05) is 12.1 Å². The third-order valence-electron chi connectivity index (χ3n) is 4.40. The number of carbonyl (C=O) groups is 2. The molecule has 0 aliphatic carbocycles. The van der Waals surface area contributed by atoms with Crippen molar-refractivity contribution in [3.63, 3.8) is 0 Å². The summed E-state index contributed by atoms with van der Waals surface area (Å²) in [6.07, 6.45) is -2.02. The van der Waals surface area contributed by atoms with E-state index in [9.17, 15) is 22.8 Å². The number of benzene rings is 3. The smallest absolute Gasteiger partial charge is 0.416 e. The average molecular weight is 440 g/mol. The van der Waals surface area contributed by atoms with Crippen molar-refractivity contribution in [2.75, 3.05) is 17.7 Å². The van der Waals surface area contributed by atoms with Gasteiger partial charge in [-0.2, -0.15) is 13.2 Å². The number of hydrogen-bond donors (Lipinski definition) is 2. The van der Waals surface area contributed by atoms with E-state index in [0.717, 1.165) is 18.2 Å². The summed E-state index contributed by atoms with van der Waals surface area (Å²) < 4.78 is 43.3. The van der Waals surface area contributed by atoms with Crippen LogP contribution in [0.2, 0.25) is 0 Å². The van der Waals surface area contributed by atoms with E-state index in [2.05, 4.69) is 10.6 Å². The van der Waals surface area contributed by atoms with E-state index in [1.165, 1.54) is 18.2 Å². The highest BCUT2D eigenvalue weighted by Crippen LogP contribution is 2.29. The molecule has 0 aliphatic heterocycles. The van der Waals surface area contributed by atoms with Gasteiger partial charge < -0.3 is 15.4 Å². The zero-order valence-electron chi connectivity index (χ0n) is 16.9. The van der Waals surface area contributed by atoms with Crippen molar-refractivity contribution in [3.8, 4) is 5.75 Å². The number of anilines is 2. The van der Waals surface area contributed by atoms with Gasteiger partial charge in [0.15, 0.2) is 0 Å². The summed E-state index contributed by atoms with van der Waals surface area (Å²) in [6, 6.07) is 17.7. The Bertz CT molecular complexity index is 1120. The van der Waals surface area contributed by atoms with Crippen LogP contribution in [-0.2, 0) is 11.0 Å². The molecular formula is C24H19F3N2O3. The van der Waals surface area contributed by atoms with Crippen molar-refractivity contribution < 1.29 is 27.5 Å². The van der Waals surface area contributed by atoms with Gasteiger partial charge in [0, 0.05) is 23.0 Å². The summed E-state index contributed by atoms with van der Waals surface area (Å²) in [5.41, 5.74) is 0.889. The maximum absolute atomic E-state index is 12.8. The van der Waals surface area contributed by atoms with Gasteiger partial charge in [0.1, 0.15) is 5.75 Å². The van der Waals surface area contributed by atoms with E-state index in [0.29, 0.717) is 22.7 Å². The van der Waals surface area contributed by atoms with Crippen LogP contribution in [0.15, 0.2) is 78.9 Å². The van der Waals surface area contributed by atoms with Crippen LogP contribution in [0.5, 0.6) is 5.75 Å². The highest BCUT2D eigenvalue weighted by atomic mass is 19.4. The Kier molecular flexibility index (Phi) is 6.94. The molecule has 3 aromatic carbocycles. The highest BCUT2D eigenvalue weighted by Gasteiger charge is 2.30. The van der Waals surface area contributed by atoms with Crippen LogP contribution in [-0.4, -0.2) is 18.9 Å². The first kappa shape index (κ1) is 22.6. The molecule has 0 aliphatic rings. The molecule has 164 valence electrons. The van der Waals surface area contributed by atoms with Crippen LogP contribution < -0.4 is 15.4 Å². The quantitative estimate of drug-likeness (QED) is 0.489. The van der Waals surface area contributed by atoms with Crippen molar-refractivity contribution in [2.45, 2.75) is 6.18 Å². The number of halogens is 3. The fourth-order valence-electron chi connectivity index (χ4n) is 2.76. The zero-order chi connectivity index (χ0) is 23.1. The molecule has 0 heterocycles. The molecule has 32 heavy (non-hydrogen) atoms. The molecule has 3 aromatic rings. The van der Waals surface area contributed by atoms with Crippen molar-refractivity contribution in [1.82, 2.24) is 0 Å². The highest BCUT2D eigenvalue weighted by molar-refractivity contribution is 6.05. The van der Waals surface area contributed by atoms with Gasteiger partial charge in [0.05, 0.1) is 12.7 Å². The van der Waals surface area contributed by atoms with Crippen LogP contribution in [0.4, 0.5) is 24.5 Å². The summed E-state index contributed by atoms with van der Waals surface area (Å²) in [4.78, 5) is 24.4. The number of methoxy groups -OCH3 is 1. The number of nitrogens with one attached hydrogen (secondary N) is 2. The molecule has 0 saturated carbocycles. The van der Waals surface area contributed by atoms with E-state index in [1.807, 2.05) is 0 Å². The van der Waals surface area contributed by atoms with Gasteiger partial charge in [0.25, 0.3) is 5.91 Å². The summed E-state index contributed by atoms with van der Waals surface area (Å²) in [5.74, 6) is -0.166. The number of carbonyl (C=O) groups excluding carboxylic acids is 2. The van der Waals surface area contributed by atoms with E-state index in [1.54, 1.807) is 55.6 Å². The Labute approximate surface area is 182 Å². The van der Waals surface area contributed by atoms with E-state index in [-0.39, 0.29) is 11.5 Å². The van der Waals surface area contributed by atoms with E-state index < -0.39 is 17.6 Å². The predicted molar refractivity (Wildman–Crippen MR) is 116 cm³/mol. The number of amides is 2. The van der Waals surface area contributed by atoms with Crippen LogP contribution >= 0.6 is 0 Å². The molecule has 0 bridgehead atoms. The molecule has 8 heteroatoms. The second-order valence-corrected chi connectivity index (χ2v) is 6.71. The lowest BCUT2D eigenvalue weighted by molar-refractivity contribution is -0.137. The minimum absolute atomic E-state index is 0.250. The third-order valence-corrected chi connectivity index (χ3v) is 4.40. The summed E-state index contributed by atoms with van der Waals surface area (Å²) in [7, 11) is 1.55. The van der Waals surface area contributed by atoms with Gasteiger partial charge in [-0.25, -0.2) is 0 Å². The molecule has 2 amide bonds. The molecule has 2 N–H and O–H groups in total. The molecule has 3 rings (SSSR count). The molecule has 5 nitrogen and oxygen atoms in total. The molecule has 0 atom stereocenters. The first-order valence-electron chi connectivity index (χ1n) is 9.46. The molecule has 0 unspecified atom stereocenters. The maximum Gasteiger partial charge on any atom is 0.416 e. The third kappa shape index (κ3) is 6.21. The second kappa shape index (κ2) is 9.82. The molecule has 0 saturated heterocycles. The average Bonchev–Trinajstić information content (AvgIpc) is 2.78. The van der Waals surface area contributed by atoms with Crippen LogP contribution in [0, 0.1) is 0 Å². The Balaban J connectivity index is 1.58. The summed E-state index contributed by atoms with van der Waals surface area (Å²) >= 11 is 0. The normalized spacial score (nSPS) is 11.2. The first-order valence-corrected chi connectivity index (χ1v) is 9.46. The fraction of sp³-hybridized carbons (Fsp3) is 0.0833. The molecule has 0 aromatic heterocycles. The van der Waals surface area contributed by atoms with E-state index >= 15 is 0 Å². The Morgan fingerprint density at radius 3 is 2.12 bits per heavy atom. The lowest BCUT2D eigenvalue weighted by Crippen LogP contribution is -2.12. The summed E-state index contributed by atoms with van der Waals surface area (Å²) in [6.45, 7) is 0. The van der Waals surface area contributed by atoms with Gasteiger partial charge in [-0.3, -0.25) is 9.59 Å². The first-order chi connectivity index (χ1) is 15.2. The Hall–Kier alpha value is -4.07. The minimum atomic E-state index is -4.45. The number of ether oxygens (including phenoxy) is 1. The lowest BCUT2D eigenvalue weighted by atomic mass is 10.1. The van der Waals surface area contributed by atoms with Gasteiger partial charge in [0.2, 0.25) is 5.91 Å². The molecule has 0 spiro atoms. The monoisotopic (exact) mass is 440 g/mol. The Morgan fingerprint density at radius 1 is 0.875 bits per heavy atom. The predicted octanol–water partition coefficient (Wildman–Crippen LogP) is 5.62. The van der Waals surface area contributed by atoms with Crippen molar-refractivity contribution >= 4 is 29.3 Å². The fourth-order valence-corrected chi connectivity index (χ4v) is 2.76.